The quantitative estimate of drug-likeness (QED) is 0.676. The molecule has 3 aromatic carbocycles. The van der Waals surface area contributed by atoms with Gasteiger partial charge in [0, 0.05) is 17.7 Å². The lowest BCUT2D eigenvalue weighted by Crippen LogP contribution is -2.30. The number of ether oxygens (including phenoxy) is 1. The third-order valence-electron chi connectivity index (χ3n) is 5.08. The Bertz CT molecular complexity index is 1080. The molecule has 0 aromatic heterocycles. The van der Waals surface area contributed by atoms with Crippen LogP contribution >= 0.6 is 0 Å². The maximum absolute atomic E-state index is 14.8. The van der Waals surface area contributed by atoms with Crippen LogP contribution in [0, 0.1) is 5.82 Å². The second kappa shape index (κ2) is 7.80. The summed E-state index contributed by atoms with van der Waals surface area (Å²) in [5.41, 5.74) is 2.25. The van der Waals surface area contributed by atoms with E-state index in [1.165, 1.54) is 11.0 Å². The van der Waals surface area contributed by atoms with Gasteiger partial charge in [0.15, 0.2) is 5.76 Å². The predicted octanol–water partition coefficient (Wildman–Crippen LogP) is 4.89. The number of aliphatic hydroxyl groups excluding tert-OH is 1. The number of methoxy groups -OCH3 is 1. The van der Waals surface area contributed by atoms with Crippen molar-refractivity contribution in [3.05, 3.63) is 107 Å². The lowest BCUT2D eigenvalue weighted by Gasteiger charge is -2.28. The first kappa shape index (κ1) is 18.7. The molecule has 1 aliphatic rings. The Morgan fingerprint density at radius 3 is 2.45 bits per heavy atom. The van der Waals surface area contributed by atoms with Gasteiger partial charge in [-0.3, -0.25) is 4.79 Å². The topological polar surface area (TPSA) is 49.8 Å². The minimum Gasteiger partial charge on any atom is -0.503 e. The fourth-order valence-electron chi connectivity index (χ4n) is 3.72. The Balaban J connectivity index is 1.82. The Morgan fingerprint density at radius 2 is 1.72 bits per heavy atom. The summed E-state index contributed by atoms with van der Waals surface area (Å²) < 4.78 is 20.0. The lowest BCUT2D eigenvalue weighted by molar-refractivity contribution is -0.130. The molecule has 4 nitrogen and oxygen atoms in total. The van der Waals surface area contributed by atoms with E-state index in [-0.39, 0.29) is 12.3 Å². The number of halogens is 1. The molecule has 0 radical (unpaired) electrons. The summed E-state index contributed by atoms with van der Waals surface area (Å²) in [6.45, 7) is 0.204. The highest BCUT2D eigenvalue weighted by Crippen LogP contribution is 2.44. The van der Waals surface area contributed by atoms with E-state index in [1.807, 2.05) is 54.6 Å². The molecule has 3 aromatic rings. The summed E-state index contributed by atoms with van der Waals surface area (Å²) in [5, 5.41) is 10.7. The van der Waals surface area contributed by atoms with Crippen LogP contribution in [0.5, 0.6) is 5.75 Å². The number of carbonyl (C=O) groups excluding carboxylic acids is 1. The number of rotatable bonds is 5. The van der Waals surface area contributed by atoms with Gasteiger partial charge in [-0.2, -0.15) is 0 Å². The van der Waals surface area contributed by atoms with Crippen molar-refractivity contribution in [2.75, 3.05) is 7.11 Å². The summed E-state index contributed by atoms with van der Waals surface area (Å²) >= 11 is 0. The van der Waals surface area contributed by atoms with E-state index < -0.39 is 17.8 Å². The van der Waals surface area contributed by atoms with Crippen molar-refractivity contribution in [1.29, 1.82) is 0 Å². The molecule has 146 valence electrons. The third kappa shape index (κ3) is 3.47. The second-order valence-corrected chi connectivity index (χ2v) is 6.84. The van der Waals surface area contributed by atoms with Crippen molar-refractivity contribution < 1.29 is 19.0 Å². The number of hydrogen-bond donors (Lipinski definition) is 1. The molecule has 1 heterocycles. The van der Waals surface area contributed by atoms with Crippen LogP contribution in [0.2, 0.25) is 0 Å². The largest absolute Gasteiger partial charge is 0.503 e. The molecule has 0 saturated heterocycles. The van der Waals surface area contributed by atoms with Gasteiger partial charge in [0.1, 0.15) is 11.6 Å². The fraction of sp³-hybridized carbons (Fsp3) is 0.125. The van der Waals surface area contributed by atoms with Gasteiger partial charge in [-0.1, -0.05) is 60.7 Å². The zero-order valence-electron chi connectivity index (χ0n) is 15.9. The molecule has 1 amide bonds. The highest BCUT2D eigenvalue weighted by Gasteiger charge is 2.42. The van der Waals surface area contributed by atoms with Gasteiger partial charge in [-0.25, -0.2) is 4.39 Å². The normalized spacial score (nSPS) is 16.4. The summed E-state index contributed by atoms with van der Waals surface area (Å²) in [4.78, 5) is 14.5. The Labute approximate surface area is 168 Å². The molecule has 29 heavy (non-hydrogen) atoms. The molecule has 0 saturated carbocycles. The molecule has 0 unspecified atom stereocenters. The smallest absolute Gasteiger partial charge is 0.290 e. The maximum Gasteiger partial charge on any atom is 0.290 e. The van der Waals surface area contributed by atoms with Crippen LogP contribution in [0.15, 0.2) is 84.6 Å². The molecule has 1 aliphatic heterocycles. The van der Waals surface area contributed by atoms with Crippen molar-refractivity contribution >= 4 is 11.5 Å². The average Bonchev–Trinajstić information content (AvgIpc) is 2.99. The fourth-order valence-corrected chi connectivity index (χ4v) is 3.72. The van der Waals surface area contributed by atoms with Crippen LogP contribution in [0.25, 0.3) is 5.57 Å². The first-order valence-corrected chi connectivity index (χ1v) is 9.27. The molecule has 1 atom stereocenters. The van der Waals surface area contributed by atoms with Crippen LogP contribution in [0.1, 0.15) is 22.7 Å². The zero-order valence-corrected chi connectivity index (χ0v) is 15.9. The molecule has 0 bridgehead atoms. The Hall–Kier alpha value is -3.60. The van der Waals surface area contributed by atoms with Crippen LogP contribution in [0.3, 0.4) is 0 Å². The number of carbonyl (C=O) groups is 1. The predicted molar refractivity (Wildman–Crippen MR) is 109 cm³/mol. The second-order valence-electron chi connectivity index (χ2n) is 6.84. The van der Waals surface area contributed by atoms with E-state index in [1.54, 1.807) is 25.3 Å². The van der Waals surface area contributed by atoms with Crippen LogP contribution in [-0.2, 0) is 11.3 Å². The first-order chi connectivity index (χ1) is 14.1. The number of amides is 1. The van der Waals surface area contributed by atoms with Crippen LogP contribution in [-0.4, -0.2) is 23.0 Å². The number of hydrogen-bond acceptors (Lipinski definition) is 3. The SMILES string of the molecule is COc1cccc(CN2C(=O)C(O)=C(c3ccccc3)[C@@H]2c2ccccc2F)c1. The van der Waals surface area contributed by atoms with E-state index >= 15 is 0 Å². The van der Waals surface area contributed by atoms with Gasteiger partial charge >= 0.3 is 0 Å². The van der Waals surface area contributed by atoms with Crippen molar-refractivity contribution in [1.82, 2.24) is 4.90 Å². The van der Waals surface area contributed by atoms with Gasteiger partial charge in [-0.15, -0.1) is 0 Å². The number of benzene rings is 3. The van der Waals surface area contributed by atoms with Gasteiger partial charge in [0.25, 0.3) is 5.91 Å². The summed E-state index contributed by atoms with van der Waals surface area (Å²) in [7, 11) is 1.57. The van der Waals surface area contributed by atoms with E-state index in [0.717, 1.165) is 5.56 Å². The molecular formula is C24H20FNO3. The van der Waals surface area contributed by atoms with Gasteiger partial charge in [0.05, 0.1) is 13.2 Å². The molecule has 1 N–H and O–H groups in total. The van der Waals surface area contributed by atoms with Gasteiger partial charge in [-0.05, 0) is 29.3 Å². The zero-order chi connectivity index (χ0) is 20.4. The van der Waals surface area contributed by atoms with Crippen LogP contribution < -0.4 is 4.74 Å². The Morgan fingerprint density at radius 1 is 1.00 bits per heavy atom. The minimum atomic E-state index is -0.739. The van der Waals surface area contributed by atoms with Crippen molar-refractivity contribution in [2.45, 2.75) is 12.6 Å². The van der Waals surface area contributed by atoms with Crippen molar-refractivity contribution in [3.63, 3.8) is 0 Å². The highest BCUT2D eigenvalue weighted by atomic mass is 19.1. The summed E-state index contributed by atoms with van der Waals surface area (Å²) in [6.07, 6.45) is 0. The summed E-state index contributed by atoms with van der Waals surface area (Å²) in [5.74, 6) is -0.645. The van der Waals surface area contributed by atoms with E-state index in [0.29, 0.717) is 22.4 Å². The summed E-state index contributed by atoms with van der Waals surface area (Å²) in [6, 6.07) is 22.0. The highest BCUT2D eigenvalue weighted by molar-refractivity contribution is 6.05. The van der Waals surface area contributed by atoms with Gasteiger partial charge < -0.3 is 14.7 Å². The molecule has 4 rings (SSSR count). The molecule has 0 aliphatic carbocycles. The molecular weight excluding hydrogens is 369 g/mol. The Kier molecular flexibility index (Phi) is 5.04. The van der Waals surface area contributed by atoms with Crippen molar-refractivity contribution in [2.24, 2.45) is 0 Å². The number of nitrogens with zero attached hydrogens (tertiary/aromatic N) is 1. The van der Waals surface area contributed by atoms with Crippen molar-refractivity contribution in [3.8, 4) is 5.75 Å². The standard InChI is InChI=1S/C24H20FNO3/c1-29-18-11-7-8-16(14-18)15-26-22(19-12-5-6-13-20(19)25)21(23(27)24(26)28)17-9-3-2-4-10-17/h2-14,22,27H,15H2,1H3/t22-/m0/s1. The van der Waals surface area contributed by atoms with E-state index in [4.69, 9.17) is 4.74 Å². The average molecular weight is 389 g/mol. The first-order valence-electron chi connectivity index (χ1n) is 9.27. The maximum atomic E-state index is 14.8. The van der Waals surface area contributed by atoms with Gasteiger partial charge in [0.2, 0.25) is 0 Å². The molecule has 0 spiro atoms. The molecule has 0 fully saturated rings. The monoisotopic (exact) mass is 389 g/mol. The van der Waals surface area contributed by atoms with E-state index in [9.17, 15) is 14.3 Å². The lowest BCUT2D eigenvalue weighted by atomic mass is 9.93. The van der Waals surface area contributed by atoms with Crippen LogP contribution in [0.4, 0.5) is 4.39 Å². The third-order valence-corrected chi connectivity index (χ3v) is 5.08. The minimum absolute atomic E-state index is 0.204. The van der Waals surface area contributed by atoms with E-state index in [2.05, 4.69) is 0 Å². The number of aliphatic hydroxyl groups is 1. The molecule has 5 heteroatoms.